The van der Waals surface area contributed by atoms with E-state index in [1.807, 2.05) is 25.2 Å². The Kier molecular flexibility index (Phi) is 5.19. The lowest BCUT2D eigenvalue weighted by molar-refractivity contribution is -0.00878. The highest BCUT2D eigenvalue weighted by molar-refractivity contribution is 5.75. The van der Waals surface area contributed by atoms with Crippen molar-refractivity contribution in [3.63, 3.8) is 0 Å². The normalized spacial score (nSPS) is 22.9. The standard InChI is InChI=1S/C19H24N4O5/c1-23(12-7-13(8-12)26-3)19(24)20-15-9-27-16-6-11(4-5-14(15)16)18-21-17(10-25-2)28-22-18/h4-6,12-13,15H,7-10H2,1-3H3,(H,20,24). The van der Waals surface area contributed by atoms with E-state index in [4.69, 9.17) is 18.7 Å². The first kappa shape index (κ1) is 18.7. The van der Waals surface area contributed by atoms with E-state index in [1.54, 1.807) is 19.1 Å². The number of ether oxygens (including phenoxy) is 3. The topological polar surface area (TPSA) is 99.0 Å². The van der Waals surface area contributed by atoms with Gasteiger partial charge in [-0.1, -0.05) is 17.3 Å². The van der Waals surface area contributed by atoms with Crippen molar-refractivity contribution in [2.24, 2.45) is 0 Å². The van der Waals surface area contributed by atoms with E-state index in [2.05, 4.69) is 15.5 Å². The number of urea groups is 1. The summed E-state index contributed by atoms with van der Waals surface area (Å²) in [5, 5.41) is 7.01. The second-order valence-corrected chi connectivity index (χ2v) is 7.10. The lowest BCUT2D eigenvalue weighted by Crippen LogP contribution is -2.52. The first-order valence-corrected chi connectivity index (χ1v) is 9.23. The molecule has 1 unspecified atom stereocenters. The van der Waals surface area contributed by atoms with Gasteiger partial charge in [-0.2, -0.15) is 4.98 Å². The molecule has 1 N–H and O–H groups in total. The zero-order valence-electron chi connectivity index (χ0n) is 16.2. The molecule has 2 aromatic rings. The molecule has 1 aliphatic heterocycles. The van der Waals surface area contributed by atoms with Gasteiger partial charge in [0.2, 0.25) is 5.82 Å². The third kappa shape index (κ3) is 3.55. The number of nitrogens with one attached hydrogen (secondary N) is 1. The van der Waals surface area contributed by atoms with Gasteiger partial charge in [-0.25, -0.2) is 4.79 Å². The summed E-state index contributed by atoms with van der Waals surface area (Å²) in [7, 11) is 5.09. The molecule has 4 rings (SSSR count). The Hall–Kier alpha value is -2.65. The minimum atomic E-state index is -0.188. The molecule has 1 aliphatic carbocycles. The van der Waals surface area contributed by atoms with E-state index in [-0.39, 0.29) is 30.8 Å². The van der Waals surface area contributed by atoms with Crippen molar-refractivity contribution in [3.05, 3.63) is 29.7 Å². The van der Waals surface area contributed by atoms with Crippen LogP contribution in [0.4, 0.5) is 4.79 Å². The van der Waals surface area contributed by atoms with Crippen LogP contribution in [0.15, 0.2) is 22.7 Å². The molecule has 2 amide bonds. The maximum atomic E-state index is 12.6. The van der Waals surface area contributed by atoms with Gasteiger partial charge in [-0.15, -0.1) is 0 Å². The summed E-state index contributed by atoms with van der Waals surface area (Å²) in [4.78, 5) is 18.6. The van der Waals surface area contributed by atoms with Crippen molar-refractivity contribution in [2.45, 2.75) is 37.6 Å². The van der Waals surface area contributed by atoms with Crippen molar-refractivity contribution in [3.8, 4) is 17.1 Å². The van der Waals surface area contributed by atoms with E-state index in [0.29, 0.717) is 24.1 Å². The van der Waals surface area contributed by atoms with Crippen LogP contribution in [0.2, 0.25) is 0 Å². The molecule has 0 radical (unpaired) electrons. The van der Waals surface area contributed by atoms with E-state index in [1.165, 1.54) is 0 Å². The van der Waals surface area contributed by atoms with Gasteiger partial charge in [0, 0.05) is 38.4 Å². The Morgan fingerprint density at radius 3 is 2.93 bits per heavy atom. The molecule has 0 bridgehead atoms. The van der Waals surface area contributed by atoms with Crippen molar-refractivity contribution in [1.29, 1.82) is 0 Å². The van der Waals surface area contributed by atoms with E-state index in [9.17, 15) is 4.79 Å². The van der Waals surface area contributed by atoms with Crippen LogP contribution in [-0.2, 0) is 16.1 Å². The zero-order chi connectivity index (χ0) is 19.7. The first-order chi connectivity index (χ1) is 13.6. The number of hydrogen-bond acceptors (Lipinski definition) is 7. The second kappa shape index (κ2) is 7.76. The highest BCUT2D eigenvalue weighted by atomic mass is 16.5. The highest BCUT2D eigenvalue weighted by Crippen LogP contribution is 2.36. The van der Waals surface area contributed by atoms with Crippen LogP contribution in [-0.4, -0.2) is 61.1 Å². The van der Waals surface area contributed by atoms with E-state index >= 15 is 0 Å². The highest BCUT2D eigenvalue weighted by Gasteiger charge is 2.35. The molecule has 1 aromatic heterocycles. The molecule has 2 aliphatic rings. The minimum absolute atomic E-state index is 0.104. The summed E-state index contributed by atoms with van der Waals surface area (Å²) in [6.45, 7) is 0.660. The number of carbonyl (C=O) groups is 1. The van der Waals surface area contributed by atoms with Crippen LogP contribution in [0.5, 0.6) is 5.75 Å². The molecule has 1 fully saturated rings. The maximum Gasteiger partial charge on any atom is 0.317 e. The van der Waals surface area contributed by atoms with Gasteiger partial charge in [-0.3, -0.25) is 0 Å². The number of hydrogen-bond donors (Lipinski definition) is 1. The Morgan fingerprint density at radius 1 is 1.36 bits per heavy atom. The van der Waals surface area contributed by atoms with Gasteiger partial charge in [0.05, 0.1) is 12.1 Å². The number of carbonyl (C=O) groups excluding carboxylic acids is 1. The second-order valence-electron chi connectivity index (χ2n) is 7.10. The van der Waals surface area contributed by atoms with Crippen LogP contribution in [0.25, 0.3) is 11.4 Å². The number of methoxy groups -OCH3 is 2. The maximum absolute atomic E-state index is 12.6. The van der Waals surface area contributed by atoms with Crippen LogP contribution in [0.1, 0.15) is 30.3 Å². The van der Waals surface area contributed by atoms with E-state index < -0.39 is 0 Å². The zero-order valence-corrected chi connectivity index (χ0v) is 16.2. The average Bonchev–Trinajstić information content (AvgIpc) is 3.28. The van der Waals surface area contributed by atoms with Crippen molar-refractivity contribution >= 4 is 6.03 Å². The van der Waals surface area contributed by atoms with Crippen molar-refractivity contribution in [2.75, 3.05) is 27.9 Å². The summed E-state index contributed by atoms with van der Waals surface area (Å²) < 4.78 is 21.2. The van der Waals surface area contributed by atoms with Crippen LogP contribution >= 0.6 is 0 Å². The van der Waals surface area contributed by atoms with Crippen LogP contribution in [0, 0.1) is 0 Å². The Balaban J connectivity index is 1.41. The number of fused-ring (bicyclic) bond motifs is 1. The summed E-state index contributed by atoms with van der Waals surface area (Å²) >= 11 is 0. The Morgan fingerprint density at radius 2 is 2.18 bits per heavy atom. The molecule has 1 saturated carbocycles. The largest absolute Gasteiger partial charge is 0.491 e. The molecule has 2 heterocycles. The summed E-state index contributed by atoms with van der Waals surface area (Å²) in [6.07, 6.45) is 2.00. The Bertz CT molecular complexity index is 849. The fourth-order valence-corrected chi connectivity index (χ4v) is 3.49. The molecule has 0 spiro atoms. The summed E-state index contributed by atoms with van der Waals surface area (Å²) in [5.41, 5.74) is 1.73. The molecule has 0 saturated heterocycles. The number of amides is 2. The Labute approximate surface area is 162 Å². The monoisotopic (exact) mass is 388 g/mol. The van der Waals surface area contributed by atoms with Crippen LogP contribution in [0.3, 0.4) is 0 Å². The SMILES string of the molecule is COCc1nc(-c2ccc3c(c2)OCC3NC(=O)N(C)C2CC(OC)C2)no1. The predicted molar refractivity (Wildman–Crippen MR) is 98.8 cm³/mol. The number of benzene rings is 1. The van der Waals surface area contributed by atoms with Crippen molar-refractivity contribution < 1.29 is 23.5 Å². The third-order valence-electron chi connectivity index (χ3n) is 5.36. The van der Waals surface area contributed by atoms with Gasteiger partial charge in [0.1, 0.15) is 19.0 Å². The molecule has 9 heteroatoms. The fourth-order valence-electron chi connectivity index (χ4n) is 3.49. The van der Waals surface area contributed by atoms with Crippen LogP contribution < -0.4 is 10.1 Å². The molecule has 1 atom stereocenters. The van der Waals surface area contributed by atoms with Gasteiger partial charge in [0.15, 0.2) is 0 Å². The summed E-state index contributed by atoms with van der Waals surface area (Å²) in [5.74, 6) is 1.61. The molecule has 1 aromatic carbocycles. The average molecular weight is 388 g/mol. The molecular weight excluding hydrogens is 364 g/mol. The minimum Gasteiger partial charge on any atom is -0.491 e. The molecule has 150 valence electrons. The number of aromatic nitrogens is 2. The van der Waals surface area contributed by atoms with Gasteiger partial charge in [0.25, 0.3) is 5.89 Å². The quantitative estimate of drug-likeness (QED) is 0.809. The predicted octanol–water partition coefficient (Wildman–Crippen LogP) is 2.14. The smallest absolute Gasteiger partial charge is 0.317 e. The van der Waals surface area contributed by atoms with Crippen molar-refractivity contribution in [1.82, 2.24) is 20.4 Å². The molecule has 28 heavy (non-hydrogen) atoms. The lowest BCUT2D eigenvalue weighted by atomic mass is 9.88. The lowest BCUT2D eigenvalue weighted by Gasteiger charge is -2.40. The summed E-state index contributed by atoms with van der Waals surface area (Å²) in [6, 6.07) is 5.61. The molecular formula is C19H24N4O5. The fraction of sp³-hybridized carbons (Fsp3) is 0.526. The number of nitrogens with zero attached hydrogens (tertiary/aromatic N) is 3. The first-order valence-electron chi connectivity index (χ1n) is 9.23. The van der Waals surface area contributed by atoms with Gasteiger partial charge >= 0.3 is 6.03 Å². The number of rotatable bonds is 6. The third-order valence-corrected chi connectivity index (χ3v) is 5.36. The van der Waals surface area contributed by atoms with Gasteiger partial charge in [-0.05, 0) is 18.9 Å². The van der Waals surface area contributed by atoms with Gasteiger partial charge < -0.3 is 29.0 Å². The van der Waals surface area contributed by atoms with E-state index in [0.717, 1.165) is 24.0 Å². The molecule has 9 nitrogen and oxygen atoms in total.